The summed E-state index contributed by atoms with van der Waals surface area (Å²) in [5.74, 6) is 0.318. The molecule has 2 heterocycles. The number of aromatic nitrogens is 1. The quantitative estimate of drug-likeness (QED) is 0.553. The van der Waals surface area contributed by atoms with Crippen molar-refractivity contribution < 1.29 is 15.0 Å². The second-order valence-electron chi connectivity index (χ2n) is 6.25. The van der Waals surface area contributed by atoms with Crippen LogP contribution in [0.2, 0.25) is 0 Å². The fourth-order valence-electron chi connectivity index (χ4n) is 3.13. The Hall–Kier alpha value is -3.32. The van der Waals surface area contributed by atoms with Crippen LogP contribution in [0.3, 0.4) is 0 Å². The van der Waals surface area contributed by atoms with Gasteiger partial charge >= 0.3 is 6.03 Å². The largest absolute Gasteiger partial charge is 0.508 e. The molecule has 2 aromatic carbocycles. The molecule has 1 aromatic heterocycles. The van der Waals surface area contributed by atoms with Crippen LogP contribution in [-0.2, 0) is 0 Å². The molecule has 0 radical (unpaired) electrons. The highest BCUT2D eigenvalue weighted by atomic mass is 32.1. The van der Waals surface area contributed by atoms with E-state index in [-0.39, 0.29) is 17.5 Å². The molecule has 6 nitrogen and oxygen atoms in total. The minimum atomic E-state index is -0.422. The van der Waals surface area contributed by atoms with Gasteiger partial charge in [-0.2, -0.15) is 0 Å². The smallest absolute Gasteiger partial charge is 0.319 e. The van der Waals surface area contributed by atoms with Crippen molar-refractivity contribution in [3.8, 4) is 22.8 Å². The Kier molecular flexibility index (Phi) is 4.29. The van der Waals surface area contributed by atoms with Crippen LogP contribution in [0.25, 0.3) is 16.8 Å². The van der Waals surface area contributed by atoms with E-state index < -0.39 is 6.04 Å². The van der Waals surface area contributed by atoms with Gasteiger partial charge in [-0.05, 0) is 36.8 Å². The van der Waals surface area contributed by atoms with Crippen molar-refractivity contribution in [1.29, 1.82) is 0 Å². The van der Waals surface area contributed by atoms with E-state index in [9.17, 15) is 15.0 Å². The number of urea groups is 1. The van der Waals surface area contributed by atoms with Gasteiger partial charge in [0.05, 0.1) is 11.7 Å². The highest BCUT2D eigenvalue weighted by Gasteiger charge is 2.29. The van der Waals surface area contributed by atoms with Gasteiger partial charge in [0, 0.05) is 22.2 Å². The Morgan fingerprint density at radius 3 is 2.56 bits per heavy atom. The number of phenolic OH excluding ortho intramolecular Hbond substituents is 2. The molecule has 0 fully saturated rings. The Morgan fingerprint density at radius 1 is 1.07 bits per heavy atom. The van der Waals surface area contributed by atoms with Crippen molar-refractivity contribution in [3.05, 3.63) is 70.2 Å². The van der Waals surface area contributed by atoms with E-state index in [1.165, 1.54) is 11.3 Å². The maximum atomic E-state index is 12.0. The first-order valence-electron chi connectivity index (χ1n) is 8.34. The molecule has 1 aliphatic heterocycles. The number of amides is 2. The fourth-order valence-corrected chi connectivity index (χ4v) is 4.09. The van der Waals surface area contributed by atoms with Crippen molar-refractivity contribution in [2.75, 3.05) is 0 Å². The van der Waals surface area contributed by atoms with Gasteiger partial charge in [-0.25, -0.2) is 9.78 Å². The first kappa shape index (κ1) is 17.1. The van der Waals surface area contributed by atoms with Gasteiger partial charge in [0.2, 0.25) is 0 Å². The average molecular weight is 379 g/mol. The van der Waals surface area contributed by atoms with Crippen LogP contribution in [0, 0.1) is 0 Å². The third kappa shape index (κ3) is 3.37. The molecule has 4 N–H and O–H groups in total. The number of allylic oxidation sites excluding steroid dienone is 1. The first-order chi connectivity index (χ1) is 13.0. The molecule has 136 valence electrons. The molecule has 0 bridgehead atoms. The van der Waals surface area contributed by atoms with Crippen molar-refractivity contribution in [1.82, 2.24) is 15.6 Å². The van der Waals surface area contributed by atoms with Gasteiger partial charge in [0.1, 0.15) is 16.5 Å². The van der Waals surface area contributed by atoms with Gasteiger partial charge in [-0.1, -0.05) is 24.3 Å². The summed E-state index contributed by atoms with van der Waals surface area (Å²) in [4.78, 5) is 16.7. The summed E-state index contributed by atoms with van der Waals surface area (Å²) >= 11 is 1.46. The Labute approximate surface area is 159 Å². The second-order valence-corrected chi connectivity index (χ2v) is 7.11. The molecule has 0 aliphatic carbocycles. The zero-order valence-corrected chi connectivity index (χ0v) is 15.2. The van der Waals surface area contributed by atoms with Crippen LogP contribution in [0.5, 0.6) is 11.5 Å². The third-order valence-electron chi connectivity index (χ3n) is 4.35. The van der Waals surface area contributed by atoms with Crippen molar-refractivity contribution in [2.24, 2.45) is 0 Å². The monoisotopic (exact) mass is 379 g/mol. The lowest BCUT2D eigenvalue weighted by Crippen LogP contribution is -2.42. The number of thiazole rings is 1. The molecule has 3 aromatic rings. The van der Waals surface area contributed by atoms with E-state index in [2.05, 4.69) is 10.6 Å². The standard InChI is InChI=1S/C20H17N3O3S/c1-11-17(18(23-20(26)21-11)13-5-3-7-15(25)9-13)19-22-16(10-27-19)12-4-2-6-14(24)8-12/h2-10,18,24-25H,1H3,(H2,21,23,26). The van der Waals surface area contributed by atoms with E-state index in [1.807, 2.05) is 24.4 Å². The number of hydrogen-bond donors (Lipinski definition) is 4. The molecule has 27 heavy (non-hydrogen) atoms. The zero-order valence-electron chi connectivity index (χ0n) is 14.4. The summed E-state index contributed by atoms with van der Waals surface area (Å²) in [5.41, 5.74) is 3.89. The average Bonchev–Trinajstić information content (AvgIpc) is 3.10. The van der Waals surface area contributed by atoms with Gasteiger partial charge < -0.3 is 20.8 Å². The number of hydrogen-bond acceptors (Lipinski definition) is 5. The van der Waals surface area contributed by atoms with Crippen molar-refractivity contribution in [3.63, 3.8) is 0 Å². The van der Waals surface area contributed by atoms with Gasteiger partial charge in [-0.3, -0.25) is 0 Å². The van der Waals surface area contributed by atoms with Gasteiger partial charge in [0.15, 0.2) is 0 Å². The topological polar surface area (TPSA) is 94.5 Å². The Balaban J connectivity index is 1.78. The van der Waals surface area contributed by atoms with Crippen molar-refractivity contribution in [2.45, 2.75) is 13.0 Å². The van der Waals surface area contributed by atoms with E-state index in [0.29, 0.717) is 5.70 Å². The maximum Gasteiger partial charge on any atom is 0.319 e. The van der Waals surface area contributed by atoms with Crippen molar-refractivity contribution >= 4 is 22.9 Å². The number of phenols is 2. The number of carbonyl (C=O) groups is 1. The molecular formula is C20H17N3O3S. The Morgan fingerprint density at radius 2 is 1.81 bits per heavy atom. The summed E-state index contributed by atoms with van der Waals surface area (Å²) in [7, 11) is 0. The molecule has 1 atom stereocenters. The fraction of sp³-hybridized carbons (Fsp3) is 0.100. The summed E-state index contributed by atoms with van der Waals surface area (Å²) in [6.45, 7) is 1.83. The number of rotatable bonds is 3. The molecule has 4 rings (SSSR count). The number of carbonyl (C=O) groups excluding carboxylic acids is 1. The third-order valence-corrected chi connectivity index (χ3v) is 5.22. The predicted octanol–water partition coefficient (Wildman–Crippen LogP) is 4.01. The number of aromatic hydroxyl groups is 2. The lowest BCUT2D eigenvalue weighted by Gasteiger charge is -2.28. The predicted molar refractivity (Wildman–Crippen MR) is 104 cm³/mol. The lowest BCUT2D eigenvalue weighted by atomic mass is 9.96. The van der Waals surface area contributed by atoms with E-state index >= 15 is 0 Å². The number of nitrogens with zero attached hydrogens (tertiary/aromatic N) is 1. The molecule has 0 saturated carbocycles. The van der Waals surface area contributed by atoms with E-state index in [1.54, 1.807) is 36.4 Å². The van der Waals surface area contributed by atoms with Crippen LogP contribution in [0.1, 0.15) is 23.5 Å². The first-order valence-corrected chi connectivity index (χ1v) is 9.22. The van der Waals surface area contributed by atoms with Crippen LogP contribution >= 0.6 is 11.3 Å². The minimum Gasteiger partial charge on any atom is -0.508 e. The van der Waals surface area contributed by atoms with E-state index in [0.717, 1.165) is 27.4 Å². The van der Waals surface area contributed by atoms with Crippen LogP contribution in [0.15, 0.2) is 59.6 Å². The lowest BCUT2D eigenvalue weighted by molar-refractivity contribution is 0.240. The van der Waals surface area contributed by atoms with Crippen LogP contribution < -0.4 is 10.6 Å². The summed E-state index contributed by atoms with van der Waals surface area (Å²) in [5, 5.41) is 27.9. The highest BCUT2D eigenvalue weighted by molar-refractivity contribution is 7.11. The summed E-state index contributed by atoms with van der Waals surface area (Å²) < 4.78 is 0. The molecule has 0 saturated heterocycles. The minimum absolute atomic E-state index is 0.136. The molecule has 2 amide bonds. The molecular weight excluding hydrogens is 362 g/mol. The Bertz CT molecular complexity index is 1060. The number of nitrogens with one attached hydrogen (secondary N) is 2. The molecule has 1 aliphatic rings. The zero-order chi connectivity index (χ0) is 19.0. The summed E-state index contributed by atoms with van der Waals surface area (Å²) in [6.07, 6.45) is 0. The van der Waals surface area contributed by atoms with Crippen LogP contribution in [-0.4, -0.2) is 21.2 Å². The highest BCUT2D eigenvalue weighted by Crippen LogP contribution is 2.38. The molecule has 0 spiro atoms. The SMILES string of the molecule is CC1=C(c2nc(-c3cccc(O)c3)cs2)C(c2cccc(O)c2)NC(=O)N1. The van der Waals surface area contributed by atoms with Gasteiger partial charge in [-0.15, -0.1) is 11.3 Å². The maximum absolute atomic E-state index is 12.0. The molecule has 7 heteroatoms. The summed E-state index contributed by atoms with van der Waals surface area (Å²) in [6, 6.07) is 13.0. The second kappa shape index (κ2) is 6.77. The number of benzene rings is 2. The van der Waals surface area contributed by atoms with Gasteiger partial charge in [0.25, 0.3) is 0 Å². The van der Waals surface area contributed by atoms with Crippen LogP contribution in [0.4, 0.5) is 4.79 Å². The normalized spacial score (nSPS) is 16.8. The molecule has 1 unspecified atom stereocenters. The van der Waals surface area contributed by atoms with E-state index in [4.69, 9.17) is 4.98 Å².